The summed E-state index contributed by atoms with van der Waals surface area (Å²) in [6.45, 7) is 2.84. The van der Waals surface area contributed by atoms with Crippen LogP contribution in [0.1, 0.15) is 43.2 Å². The number of hydrogen-bond donors (Lipinski definition) is 2. The molecule has 5 heteroatoms. The fourth-order valence-corrected chi connectivity index (χ4v) is 3.71. The van der Waals surface area contributed by atoms with E-state index in [0.717, 1.165) is 23.3 Å². The van der Waals surface area contributed by atoms with Crippen LogP contribution in [0.3, 0.4) is 0 Å². The Morgan fingerprint density at radius 3 is 2.59 bits per heavy atom. The van der Waals surface area contributed by atoms with Crippen molar-refractivity contribution in [3.05, 3.63) is 59.7 Å². The van der Waals surface area contributed by atoms with E-state index in [2.05, 4.69) is 60.0 Å². The number of rotatable bonds is 5. The fourth-order valence-electron chi connectivity index (χ4n) is 3.71. The first-order valence-electron chi connectivity index (χ1n) is 9.61. The van der Waals surface area contributed by atoms with Crippen LogP contribution in [0.5, 0.6) is 0 Å². The van der Waals surface area contributed by atoms with Gasteiger partial charge < -0.3 is 10.6 Å². The van der Waals surface area contributed by atoms with Crippen molar-refractivity contribution in [3.8, 4) is 0 Å². The summed E-state index contributed by atoms with van der Waals surface area (Å²) in [4.78, 5) is 9.50. The van der Waals surface area contributed by atoms with Gasteiger partial charge in [0.15, 0.2) is 0 Å². The molecule has 0 bridgehead atoms. The molecule has 0 amide bonds. The molecule has 0 radical (unpaired) electrons. The maximum Gasteiger partial charge on any atom is 0.225 e. The van der Waals surface area contributed by atoms with Gasteiger partial charge in [-0.2, -0.15) is 4.98 Å². The molecule has 0 unspecified atom stereocenters. The highest BCUT2D eigenvalue weighted by molar-refractivity contribution is 5.90. The molecule has 27 heavy (non-hydrogen) atoms. The van der Waals surface area contributed by atoms with E-state index in [9.17, 15) is 0 Å². The average molecular weight is 383 g/mol. The van der Waals surface area contributed by atoms with Gasteiger partial charge >= 0.3 is 0 Å². The normalized spacial score (nSPS) is 14.6. The topological polar surface area (TPSA) is 49.8 Å². The van der Waals surface area contributed by atoms with Gasteiger partial charge in [-0.15, -0.1) is 12.4 Å². The van der Waals surface area contributed by atoms with Crippen LogP contribution in [0.15, 0.2) is 48.5 Å². The summed E-state index contributed by atoms with van der Waals surface area (Å²) in [6.07, 6.45) is 6.42. The predicted molar refractivity (Wildman–Crippen MR) is 116 cm³/mol. The Hall–Kier alpha value is -2.33. The minimum absolute atomic E-state index is 0. The molecule has 2 aromatic carbocycles. The first-order chi connectivity index (χ1) is 12.8. The highest BCUT2D eigenvalue weighted by Gasteiger charge is 2.16. The molecule has 0 saturated heterocycles. The van der Waals surface area contributed by atoms with Crippen molar-refractivity contribution in [3.63, 3.8) is 0 Å². The first kappa shape index (κ1) is 19.4. The van der Waals surface area contributed by atoms with E-state index >= 15 is 0 Å². The summed E-state index contributed by atoms with van der Waals surface area (Å²) < 4.78 is 0. The number of nitrogens with one attached hydrogen (secondary N) is 2. The number of aromatic nitrogens is 2. The van der Waals surface area contributed by atoms with E-state index < -0.39 is 0 Å². The Bertz CT molecular complexity index is 890. The van der Waals surface area contributed by atoms with Crippen LogP contribution in [0, 0.1) is 6.92 Å². The van der Waals surface area contributed by atoms with Gasteiger partial charge in [0, 0.05) is 18.0 Å². The van der Waals surface area contributed by atoms with Crippen molar-refractivity contribution in [2.24, 2.45) is 0 Å². The summed E-state index contributed by atoms with van der Waals surface area (Å²) >= 11 is 0. The van der Waals surface area contributed by atoms with Crippen LogP contribution < -0.4 is 10.6 Å². The first-order valence-corrected chi connectivity index (χ1v) is 9.61. The smallest absolute Gasteiger partial charge is 0.225 e. The van der Waals surface area contributed by atoms with Crippen molar-refractivity contribution in [2.75, 3.05) is 10.6 Å². The van der Waals surface area contributed by atoms with Crippen LogP contribution in [0.2, 0.25) is 0 Å². The van der Waals surface area contributed by atoms with Crippen molar-refractivity contribution >= 4 is 35.1 Å². The maximum atomic E-state index is 4.80. The molecular weight excluding hydrogens is 356 g/mol. The number of hydrogen-bond acceptors (Lipinski definition) is 4. The van der Waals surface area contributed by atoms with Gasteiger partial charge in [0.1, 0.15) is 5.82 Å². The SMILES string of the molecule is Cc1cccc(CNc2nc(NC3CCCCC3)c3ccccc3n2)c1.Cl. The van der Waals surface area contributed by atoms with Crippen LogP contribution >= 0.6 is 12.4 Å². The Kier molecular flexibility index (Phi) is 6.51. The fraction of sp³-hybridized carbons (Fsp3) is 0.364. The van der Waals surface area contributed by atoms with Gasteiger partial charge in [-0.05, 0) is 37.5 Å². The quantitative estimate of drug-likeness (QED) is 0.592. The minimum atomic E-state index is 0. The summed E-state index contributed by atoms with van der Waals surface area (Å²) in [7, 11) is 0. The second-order valence-electron chi connectivity index (χ2n) is 7.23. The van der Waals surface area contributed by atoms with E-state index in [0.29, 0.717) is 12.0 Å². The molecule has 1 heterocycles. The molecule has 1 aliphatic carbocycles. The molecule has 1 aliphatic rings. The van der Waals surface area contributed by atoms with Crippen molar-refractivity contribution in [1.82, 2.24) is 9.97 Å². The third-order valence-corrected chi connectivity index (χ3v) is 5.08. The average Bonchev–Trinajstić information content (AvgIpc) is 2.67. The lowest BCUT2D eigenvalue weighted by atomic mass is 9.95. The van der Waals surface area contributed by atoms with E-state index in [1.807, 2.05) is 6.07 Å². The monoisotopic (exact) mass is 382 g/mol. The van der Waals surface area contributed by atoms with E-state index in [1.54, 1.807) is 0 Å². The Morgan fingerprint density at radius 1 is 0.963 bits per heavy atom. The lowest BCUT2D eigenvalue weighted by Gasteiger charge is -2.24. The third-order valence-electron chi connectivity index (χ3n) is 5.08. The lowest BCUT2D eigenvalue weighted by molar-refractivity contribution is 0.462. The second kappa shape index (κ2) is 9.05. The summed E-state index contributed by atoms with van der Waals surface area (Å²) in [5.41, 5.74) is 3.49. The standard InChI is InChI=1S/C22H26N4.ClH/c1-16-8-7-9-17(14-16)15-23-22-25-20-13-6-5-12-19(20)21(26-22)24-18-10-3-2-4-11-18;/h5-9,12-14,18H,2-4,10-11,15H2,1H3,(H2,23,24,25,26);1H. The van der Waals surface area contributed by atoms with Crippen LogP contribution in [0.25, 0.3) is 10.9 Å². The molecule has 4 rings (SSSR count). The number of aryl methyl sites for hydroxylation is 1. The van der Waals surface area contributed by atoms with Gasteiger partial charge in [-0.25, -0.2) is 4.98 Å². The predicted octanol–water partition coefficient (Wildman–Crippen LogP) is 5.72. The molecule has 1 saturated carbocycles. The zero-order valence-electron chi connectivity index (χ0n) is 15.7. The highest BCUT2D eigenvalue weighted by Crippen LogP contribution is 2.26. The molecular formula is C22H27ClN4. The third kappa shape index (κ3) is 4.89. The number of halogens is 1. The van der Waals surface area contributed by atoms with E-state index in [1.165, 1.54) is 43.2 Å². The van der Waals surface area contributed by atoms with Crippen LogP contribution in [0.4, 0.5) is 11.8 Å². The molecule has 1 fully saturated rings. The highest BCUT2D eigenvalue weighted by atomic mass is 35.5. The molecule has 4 nitrogen and oxygen atoms in total. The number of anilines is 2. The Balaban J connectivity index is 0.00000210. The van der Waals surface area contributed by atoms with Crippen molar-refractivity contribution in [1.29, 1.82) is 0 Å². The largest absolute Gasteiger partial charge is 0.367 e. The molecule has 3 aromatic rings. The molecule has 0 spiro atoms. The molecule has 2 N–H and O–H groups in total. The number of nitrogens with zero attached hydrogens (tertiary/aromatic N) is 2. The lowest BCUT2D eigenvalue weighted by Crippen LogP contribution is -2.23. The van der Waals surface area contributed by atoms with E-state index in [4.69, 9.17) is 9.97 Å². The molecule has 1 aromatic heterocycles. The molecule has 0 aliphatic heterocycles. The summed E-state index contributed by atoms with van der Waals surface area (Å²) in [5.74, 6) is 1.64. The van der Waals surface area contributed by atoms with Gasteiger partial charge in [0.2, 0.25) is 5.95 Å². The zero-order chi connectivity index (χ0) is 17.8. The van der Waals surface area contributed by atoms with Gasteiger partial charge in [-0.3, -0.25) is 0 Å². The Labute approximate surface area is 167 Å². The van der Waals surface area contributed by atoms with Gasteiger partial charge in [0.05, 0.1) is 5.52 Å². The molecule has 142 valence electrons. The number of benzene rings is 2. The zero-order valence-corrected chi connectivity index (χ0v) is 16.6. The number of para-hydroxylation sites is 1. The second-order valence-corrected chi connectivity index (χ2v) is 7.23. The van der Waals surface area contributed by atoms with E-state index in [-0.39, 0.29) is 12.4 Å². The van der Waals surface area contributed by atoms with Crippen LogP contribution in [-0.2, 0) is 6.54 Å². The minimum Gasteiger partial charge on any atom is -0.367 e. The molecule has 0 atom stereocenters. The van der Waals surface area contributed by atoms with Crippen molar-refractivity contribution < 1.29 is 0 Å². The van der Waals surface area contributed by atoms with Gasteiger partial charge in [0.25, 0.3) is 0 Å². The maximum absolute atomic E-state index is 4.80. The van der Waals surface area contributed by atoms with Crippen LogP contribution in [-0.4, -0.2) is 16.0 Å². The number of fused-ring (bicyclic) bond motifs is 1. The van der Waals surface area contributed by atoms with Gasteiger partial charge in [-0.1, -0.05) is 61.2 Å². The summed E-state index contributed by atoms with van der Waals surface area (Å²) in [6, 6.07) is 17.3. The van der Waals surface area contributed by atoms with Crippen molar-refractivity contribution in [2.45, 2.75) is 51.6 Å². The Morgan fingerprint density at radius 2 is 1.78 bits per heavy atom. The summed E-state index contributed by atoms with van der Waals surface area (Å²) in [5, 5.41) is 8.17.